The summed E-state index contributed by atoms with van der Waals surface area (Å²) in [5.41, 5.74) is 5.30. The van der Waals surface area contributed by atoms with E-state index in [9.17, 15) is 5.11 Å². The van der Waals surface area contributed by atoms with Gasteiger partial charge in [-0.3, -0.25) is 0 Å². The Labute approximate surface area is 178 Å². The molecule has 0 amide bonds. The Kier molecular flexibility index (Phi) is 5.76. The van der Waals surface area contributed by atoms with E-state index in [0.29, 0.717) is 0 Å². The van der Waals surface area contributed by atoms with Gasteiger partial charge in [0.15, 0.2) is 0 Å². The predicted octanol–water partition coefficient (Wildman–Crippen LogP) is 4.16. The van der Waals surface area contributed by atoms with Crippen molar-refractivity contribution < 1.29 is 9.84 Å². The van der Waals surface area contributed by atoms with Crippen molar-refractivity contribution in [2.24, 2.45) is 0 Å². The minimum atomic E-state index is -0.699. The first-order chi connectivity index (χ1) is 14.4. The summed E-state index contributed by atoms with van der Waals surface area (Å²) >= 11 is 0. The fourth-order valence-electron chi connectivity index (χ4n) is 4.22. The molecule has 4 rings (SSSR count). The average molecular weight is 406 g/mol. The molecule has 5 heteroatoms. The average Bonchev–Trinajstić information content (AvgIpc) is 2.75. The van der Waals surface area contributed by atoms with Gasteiger partial charge >= 0.3 is 0 Å². The molecule has 3 aromatic rings. The molecule has 30 heavy (non-hydrogen) atoms. The highest BCUT2D eigenvalue weighted by atomic mass is 16.5. The summed E-state index contributed by atoms with van der Waals surface area (Å²) in [4.78, 5) is 9.71. The number of hydrogen-bond acceptors (Lipinski definition) is 5. The summed E-state index contributed by atoms with van der Waals surface area (Å²) < 4.78 is 6.21. The summed E-state index contributed by atoms with van der Waals surface area (Å²) in [6.07, 6.45) is 1.94. The third kappa shape index (κ3) is 3.92. The van der Waals surface area contributed by atoms with Crippen molar-refractivity contribution in [3.05, 3.63) is 65.0 Å². The fourth-order valence-corrected chi connectivity index (χ4v) is 4.22. The quantitative estimate of drug-likeness (QED) is 0.645. The standard InChI is InChI=1S/C25H31N3O2/c1-5-18-19(6-2)28-21-15-22-17(14-20(21)27-18)23(24(29)25(3,4)30-22)26-13-12-16-10-8-7-9-11-16/h7-11,14-15,23-24,26,29H,5-6,12-13H2,1-4H3. The lowest BCUT2D eigenvalue weighted by Gasteiger charge is -2.42. The Hall–Kier alpha value is -2.50. The van der Waals surface area contributed by atoms with E-state index < -0.39 is 11.7 Å². The molecule has 1 aromatic heterocycles. The number of hydrogen-bond donors (Lipinski definition) is 2. The first-order valence-electron chi connectivity index (χ1n) is 10.9. The maximum atomic E-state index is 11.1. The predicted molar refractivity (Wildman–Crippen MR) is 120 cm³/mol. The number of nitrogens with one attached hydrogen (secondary N) is 1. The van der Waals surface area contributed by atoms with E-state index in [1.165, 1.54) is 5.56 Å². The molecule has 5 nitrogen and oxygen atoms in total. The highest BCUT2D eigenvalue weighted by molar-refractivity contribution is 5.78. The van der Waals surface area contributed by atoms with Crippen molar-refractivity contribution >= 4 is 11.0 Å². The zero-order chi connectivity index (χ0) is 21.3. The van der Waals surface area contributed by atoms with Gasteiger partial charge in [0.1, 0.15) is 17.5 Å². The number of fused-ring (bicyclic) bond motifs is 2. The SMILES string of the molecule is CCc1nc2cc3c(cc2nc1CC)C(NCCc1ccccc1)C(O)C(C)(C)O3. The molecule has 1 aliphatic heterocycles. The topological polar surface area (TPSA) is 67.3 Å². The molecular weight excluding hydrogens is 374 g/mol. The Morgan fingerprint density at radius 1 is 1.00 bits per heavy atom. The largest absolute Gasteiger partial charge is 0.485 e. The van der Waals surface area contributed by atoms with Gasteiger partial charge in [-0.2, -0.15) is 0 Å². The number of rotatable bonds is 6. The summed E-state index contributed by atoms with van der Waals surface area (Å²) in [5, 5.41) is 14.6. The molecule has 1 aliphatic rings. The molecule has 0 spiro atoms. The van der Waals surface area contributed by atoms with Crippen molar-refractivity contribution in [2.45, 2.75) is 64.7 Å². The molecule has 2 unspecified atom stereocenters. The number of aliphatic hydroxyl groups is 1. The molecule has 158 valence electrons. The number of benzene rings is 2. The van der Waals surface area contributed by atoms with Crippen LogP contribution in [0, 0.1) is 0 Å². The lowest BCUT2D eigenvalue weighted by molar-refractivity contribution is -0.0642. The second-order valence-electron chi connectivity index (χ2n) is 8.52. The zero-order valence-corrected chi connectivity index (χ0v) is 18.3. The van der Waals surface area contributed by atoms with Gasteiger partial charge in [-0.15, -0.1) is 0 Å². The van der Waals surface area contributed by atoms with Crippen molar-refractivity contribution in [2.75, 3.05) is 6.54 Å². The Bertz CT molecular complexity index is 1030. The number of ether oxygens (including phenoxy) is 1. The van der Waals surface area contributed by atoms with Crippen molar-refractivity contribution in [1.82, 2.24) is 15.3 Å². The van der Waals surface area contributed by atoms with Crippen LogP contribution < -0.4 is 10.1 Å². The smallest absolute Gasteiger partial charge is 0.131 e. The summed E-state index contributed by atoms with van der Waals surface area (Å²) in [6.45, 7) is 8.84. The lowest BCUT2D eigenvalue weighted by Crippen LogP contribution is -2.52. The molecule has 2 heterocycles. The fraction of sp³-hybridized carbons (Fsp3) is 0.440. The van der Waals surface area contributed by atoms with Crippen LogP contribution in [0.2, 0.25) is 0 Å². The number of aromatic nitrogens is 2. The molecule has 0 saturated heterocycles. The third-order valence-corrected chi connectivity index (χ3v) is 5.98. The van der Waals surface area contributed by atoms with Gasteiger partial charge in [-0.1, -0.05) is 44.2 Å². The van der Waals surface area contributed by atoms with Gasteiger partial charge in [-0.05, 0) is 51.3 Å². The second-order valence-corrected chi connectivity index (χ2v) is 8.52. The Morgan fingerprint density at radius 2 is 1.63 bits per heavy atom. The van der Waals surface area contributed by atoms with E-state index in [-0.39, 0.29) is 6.04 Å². The minimum absolute atomic E-state index is 0.227. The van der Waals surface area contributed by atoms with Crippen LogP contribution in [0.5, 0.6) is 5.75 Å². The van der Waals surface area contributed by atoms with Crippen LogP contribution in [0.4, 0.5) is 0 Å². The van der Waals surface area contributed by atoms with Crippen LogP contribution in [0.1, 0.15) is 56.3 Å². The van der Waals surface area contributed by atoms with Crippen LogP contribution in [-0.2, 0) is 19.3 Å². The molecule has 0 bridgehead atoms. The van der Waals surface area contributed by atoms with E-state index in [0.717, 1.165) is 59.5 Å². The summed E-state index contributed by atoms with van der Waals surface area (Å²) in [5.74, 6) is 0.774. The van der Waals surface area contributed by atoms with Crippen molar-refractivity contribution in [3.8, 4) is 5.75 Å². The summed E-state index contributed by atoms with van der Waals surface area (Å²) in [6, 6.07) is 14.2. The number of aliphatic hydroxyl groups excluding tert-OH is 1. The molecule has 0 aliphatic carbocycles. The normalized spacial score (nSPS) is 20.0. The van der Waals surface area contributed by atoms with Gasteiger partial charge in [0.2, 0.25) is 0 Å². The molecule has 2 N–H and O–H groups in total. The van der Waals surface area contributed by atoms with Crippen LogP contribution in [0.25, 0.3) is 11.0 Å². The Morgan fingerprint density at radius 3 is 2.27 bits per heavy atom. The molecule has 2 aromatic carbocycles. The second kappa shape index (κ2) is 8.32. The van der Waals surface area contributed by atoms with Gasteiger partial charge < -0.3 is 15.2 Å². The zero-order valence-electron chi connectivity index (χ0n) is 18.3. The monoisotopic (exact) mass is 405 g/mol. The van der Waals surface area contributed by atoms with E-state index in [1.807, 2.05) is 32.0 Å². The molecular formula is C25H31N3O2. The van der Waals surface area contributed by atoms with E-state index in [4.69, 9.17) is 14.7 Å². The highest BCUT2D eigenvalue weighted by Gasteiger charge is 2.43. The molecule has 2 atom stereocenters. The van der Waals surface area contributed by atoms with Gasteiger partial charge in [0, 0.05) is 11.6 Å². The highest BCUT2D eigenvalue weighted by Crippen LogP contribution is 2.41. The van der Waals surface area contributed by atoms with E-state index in [1.54, 1.807) is 0 Å². The van der Waals surface area contributed by atoms with Gasteiger partial charge in [0.25, 0.3) is 0 Å². The van der Waals surface area contributed by atoms with E-state index in [2.05, 4.69) is 43.4 Å². The van der Waals surface area contributed by atoms with Crippen LogP contribution in [-0.4, -0.2) is 33.3 Å². The lowest BCUT2D eigenvalue weighted by atomic mass is 9.86. The molecule has 0 saturated carbocycles. The van der Waals surface area contributed by atoms with E-state index >= 15 is 0 Å². The maximum absolute atomic E-state index is 11.1. The molecule has 0 radical (unpaired) electrons. The summed E-state index contributed by atoms with van der Waals surface area (Å²) in [7, 11) is 0. The first kappa shape index (κ1) is 20.8. The van der Waals surface area contributed by atoms with Gasteiger partial charge in [0.05, 0.1) is 28.5 Å². The molecule has 0 fully saturated rings. The van der Waals surface area contributed by atoms with Crippen LogP contribution >= 0.6 is 0 Å². The van der Waals surface area contributed by atoms with Crippen LogP contribution in [0.3, 0.4) is 0 Å². The number of aryl methyl sites for hydroxylation is 2. The Balaban J connectivity index is 1.69. The maximum Gasteiger partial charge on any atom is 0.131 e. The third-order valence-electron chi connectivity index (χ3n) is 5.98. The van der Waals surface area contributed by atoms with Crippen molar-refractivity contribution in [1.29, 1.82) is 0 Å². The van der Waals surface area contributed by atoms with Gasteiger partial charge in [-0.25, -0.2) is 9.97 Å². The van der Waals surface area contributed by atoms with Crippen molar-refractivity contribution in [3.63, 3.8) is 0 Å². The first-order valence-corrected chi connectivity index (χ1v) is 10.9. The number of nitrogens with zero attached hydrogens (tertiary/aromatic N) is 2. The minimum Gasteiger partial charge on any atom is -0.485 e. The van der Waals surface area contributed by atoms with Crippen LogP contribution in [0.15, 0.2) is 42.5 Å².